The van der Waals surface area contributed by atoms with E-state index in [9.17, 15) is 14.4 Å². The number of benzene rings is 3. The number of ether oxygens (including phenoxy) is 1. The molecule has 0 bridgehead atoms. The number of aromatic nitrogens is 1. The Morgan fingerprint density at radius 1 is 0.925 bits per heavy atom. The molecule has 4 aliphatic rings. The molecule has 8 rings (SSSR count). The van der Waals surface area contributed by atoms with E-state index in [1.165, 1.54) is 3.12 Å². The molecule has 0 atom stereocenters. The van der Waals surface area contributed by atoms with Gasteiger partial charge >= 0.3 is 175 Å². The zero-order valence-electron chi connectivity index (χ0n) is 30.0. The first-order valence-electron chi connectivity index (χ1n) is 18.5. The number of aryl methyl sites for hydroxylation is 3. The molecule has 2 fully saturated rings. The van der Waals surface area contributed by atoms with Crippen molar-refractivity contribution in [3.63, 3.8) is 0 Å². The van der Waals surface area contributed by atoms with E-state index in [0.717, 1.165) is 104 Å². The first-order chi connectivity index (χ1) is 25.7. The Morgan fingerprint density at radius 2 is 1.72 bits per heavy atom. The normalized spacial score (nSPS) is 17.4. The van der Waals surface area contributed by atoms with E-state index in [1.807, 2.05) is 61.5 Å². The van der Waals surface area contributed by atoms with Crippen LogP contribution in [0.15, 0.2) is 90.5 Å². The van der Waals surface area contributed by atoms with Gasteiger partial charge in [0.2, 0.25) is 0 Å². The van der Waals surface area contributed by atoms with Crippen molar-refractivity contribution in [2.75, 3.05) is 53.3 Å². The number of nitrogens with one attached hydrogen (secondary N) is 2. The number of anilines is 4. The fourth-order valence-corrected chi connectivity index (χ4v) is 9.59. The molecule has 4 heterocycles. The third kappa shape index (κ3) is 7.46. The monoisotopic (exact) mass is 897 g/mol. The molecule has 1 spiro atoms. The maximum atomic E-state index is 14.0. The number of amides is 3. The fraction of sp³-hybridized carbons (Fsp3) is 0.302. The van der Waals surface area contributed by atoms with E-state index in [2.05, 4.69) is 21.6 Å². The minimum atomic E-state index is -0.188. The summed E-state index contributed by atoms with van der Waals surface area (Å²) >= 11 is 0.611. The molecule has 1 aliphatic carbocycles. The maximum absolute atomic E-state index is 14.0. The van der Waals surface area contributed by atoms with Gasteiger partial charge in [-0.2, -0.15) is 0 Å². The van der Waals surface area contributed by atoms with Gasteiger partial charge in [0.15, 0.2) is 0 Å². The summed E-state index contributed by atoms with van der Waals surface area (Å²) < 4.78 is 6.79. The average molecular weight is 897 g/mol. The second-order valence-corrected chi connectivity index (χ2v) is 17.1. The summed E-state index contributed by atoms with van der Waals surface area (Å²) in [5, 5.41) is 6.14. The number of fused-ring (bicyclic) bond motifs is 2. The van der Waals surface area contributed by atoms with Crippen LogP contribution >= 0.6 is 0 Å². The second-order valence-electron chi connectivity index (χ2n) is 14.7. The summed E-state index contributed by atoms with van der Waals surface area (Å²) in [5.74, 6) is 0.287. The SMILES string of the molecule is Cc1ccc[c]([Tl])c1NC(=O)C=CC1=Cc2ccccc2N(C(=O)c2ccc(NC(=O)c3cc4c(nc3N3CC5(CCOCC5)C3)CCC4)cc2)CC1. The molecule has 9 nitrogen and oxygen atoms in total. The van der Waals surface area contributed by atoms with E-state index in [0.29, 0.717) is 55.5 Å². The van der Waals surface area contributed by atoms with Crippen molar-refractivity contribution in [3.8, 4) is 0 Å². The van der Waals surface area contributed by atoms with Gasteiger partial charge in [-0.25, -0.2) is 4.98 Å². The van der Waals surface area contributed by atoms with Crippen molar-refractivity contribution in [2.24, 2.45) is 5.41 Å². The molecule has 0 unspecified atom stereocenters. The standard InChI is InChI=1S/C43H42N5O4.Tl/c1-29-7-2-4-10-36(29)45-39(49)18-13-30-19-22-48(38-12-5-3-8-33(38)25-30)42(51)31-14-16-34(17-15-31)44-41(50)35-26-32-9-6-11-37(32)46-40(35)47-27-43(28-47)20-23-52-24-21-43;/h2-5,7-8,12-18,25-26H,6,9,11,19-24,27-28H2,1H3,(H,44,50)(H,45,49);. The van der Waals surface area contributed by atoms with Gasteiger partial charge < -0.3 is 15.0 Å². The average Bonchev–Trinajstić information content (AvgIpc) is 3.54. The van der Waals surface area contributed by atoms with Crippen LogP contribution in [0.1, 0.15) is 68.8 Å². The molecule has 0 radical (unpaired) electrons. The van der Waals surface area contributed by atoms with E-state index >= 15 is 0 Å². The molecule has 1 aromatic heterocycles. The quantitative estimate of drug-likeness (QED) is 0.170. The topological polar surface area (TPSA) is 104 Å². The van der Waals surface area contributed by atoms with Crippen molar-refractivity contribution in [1.29, 1.82) is 0 Å². The van der Waals surface area contributed by atoms with Gasteiger partial charge in [0.25, 0.3) is 5.91 Å². The Bertz CT molecular complexity index is 2130. The van der Waals surface area contributed by atoms with Gasteiger partial charge in [-0.1, -0.05) is 0 Å². The zero-order valence-corrected chi connectivity index (χ0v) is 34.5. The molecule has 10 heteroatoms. The van der Waals surface area contributed by atoms with Crippen molar-refractivity contribution in [3.05, 3.63) is 124 Å². The van der Waals surface area contributed by atoms with E-state index in [1.54, 1.807) is 35.2 Å². The van der Waals surface area contributed by atoms with Crippen LogP contribution in [0, 0.1) is 12.3 Å². The summed E-state index contributed by atoms with van der Waals surface area (Å²) in [4.78, 5) is 49.8. The van der Waals surface area contributed by atoms with E-state index < -0.39 is 0 Å². The predicted molar refractivity (Wildman–Crippen MR) is 210 cm³/mol. The molecule has 3 amide bonds. The van der Waals surface area contributed by atoms with Crippen LogP contribution in [-0.2, 0) is 22.4 Å². The predicted octanol–water partition coefficient (Wildman–Crippen LogP) is 6.17. The van der Waals surface area contributed by atoms with E-state index in [4.69, 9.17) is 9.72 Å². The molecular formula is C43H42N5O4Tl. The summed E-state index contributed by atoms with van der Waals surface area (Å²) in [5.41, 5.74) is 8.92. The van der Waals surface area contributed by atoms with Gasteiger partial charge in [-0.3, -0.25) is 4.79 Å². The van der Waals surface area contributed by atoms with Gasteiger partial charge in [0, 0.05) is 43.1 Å². The molecule has 3 aliphatic heterocycles. The molecule has 2 N–H and O–H groups in total. The summed E-state index contributed by atoms with van der Waals surface area (Å²) in [6.07, 6.45) is 11.1. The zero-order chi connectivity index (χ0) is 36.5. The van der Waals surface area contributed by atoms with Crippen molar-refractivity contribution >= 4 is 75.6 Å². The van der Waals surface area contributed by atoms with Gasteiger partial charge in [-0.05, 0) is 68.0 Å². The first-order valence-corrected chi connectivity index (χ1v) is 20.7. The van der Waals surface area contributed by atoms with Gasteiger partial charge in [0.05, 0.1) is 5.56 Å². The Balaban J connectivity index is 0.948. The van der Waals surface area contributed by atoms with Crippen LogP contribution < -0.4 is 23.6 Å². The van der Waals surface area contributed by atoms with Crippen molar-refractivity contribution in [2.45, 2.75) is 45.4 Å². The van der Waals surface area contributed by atoms with Gasteiger partial charge in [-0.15, -0.1) is 0 Å². The first kappa shape index (κ1) is 35.4. The number of para-hydroxylation sites is 2. The Hall–Kier alpha value is -4.62. The number of carbonyl (C=O) groups excluding carboxylic acids is 3. The number of pyridine rings is 1. The van der Waals surface area contributed by atoms with Crippen molar-refractivity contribution < 1.29 is 19.1 Å². The Kier molecular flexibility index (Phi) is 10.0. The third-order valence-corrected chi connectivity index (χ3v) is 12.9. The van der Waals surface area contributed by atoms with Crippen LogP contribution in [0.4, 0.5) is 22.9 Å². The number of hydrogen-bond acceptors (Lipinski definition) is 6. The molecule has 266 valence electrons. The van der Waals surface area contributed by atoms with Crippen LogP contribution in [0.3, 0.4) is 0 Å². The second kappa shape index (κ2) is 15.0. The Labute approximate surface area is 326 Å². The van der Waals surface area contributed by atoms with Crippen LogP contribution in [0.2, 0.25) is 0 Å². The molecule has 53 heavy (non-hydrogen) atoms. The molecule has 4 aromatic rings. The van der Waals surface area contributed by atoms with Gasteiger partial charge in [0.1, 0.15) is 5.82 Å². The number of carbonyl (C=O) groups is 3. The van der Waals surface area contributed by atoms with E-state index in [-0.39, 0.29) is 23.1 Å². The number of rotatable bonds is 7. The third-order valence-electron chi connectivity index (χ3n) is 11.0. The molecule has 0 saturated carbocycles. The summed E-state index contributed by atoms with van der Waals surface area (Å²) in [7, 11) is 0. The number of nitrogens with zero attached hydrogens (tertiary/aromatic N) is 3. The van der Waals surface area contributed by atoms with Crippen LogP contribution in [0.25, 0.3) is 6.08 Å². The molecule has 3 aromatic carbocycles. The molecular weight excluding hydrogens is 855 g/mol. The summed E-state index contributed by atoms with van der Waals surface area (Å²) in [6, 6.07) is 23.1. The van der Waals surface area contributed by atoms with Crippen LogP contribution in [-0.4, -0.2) is 81.3 Å². The van der Waals surface area contributed by atoms with Crippen molar-refractivity contribution in [1.82, 2.24) is 4.98 Å². The molecule has 2 saturated heterocycles. The fourth-order valence-electron chi connectivity index (χ4n) is 7.99. The number of allylic oxidation sites excluding steroid dienone is 1. The minimum absolute atomic E-state index is 0.128. The number of hydrogen-bond donors (Lipinski definition) is 2. The Morgan fingerprint density at radius 3 is 2.51 bits per heavy atom. The van der Waals surface area contributed by atoms with Crippen LogP contribution in [0.5, 0.6) is 0 Å². The summed E-state index contributed by atoms with van der Waals surface area (Å²) in [6.45, 7) is 5.85.